The molecule has 0 saturated carbocycles. The van der Waals surface area contributed by atoms with Gasteiger partial charge in [-0.3, -0.25) is 0 Å². The average molecular weight is 671 g/mol. The molecule has 0 aliphatic rings. The average Bonchev–Trinajstić information content (AvgIpc) is 3.62. The van der Waals surface area contributed by atoms with Crippen molar-refractivity contribution in [1.82, 2.24) is 9.35 Å². The molecule has 0 unspecified atom stereocenters. The van der Waals surface area contributed by atoms with Crippen molar-refractivity contribution in [3.05, 3.63) is 144 Å². The first kappa shape index (κ1) is 30.8. The highest BCUT2D eigenvalue weighted by Crippen LogP contribution is 2.45. The number of fused-ring (bicyclic) bond motifs is 6. The van der Waals surface area contributed by atoms with E-state index in [1.54, 1.807) is 36.4 Å². The van der Waals surface area contributed by atoms with Gasteiger partial charge in [0.1, 0.15) is 12.1 Å². The number of para-hydroxylation sites is 4. The fraction of sp³-hybridized carbons (Fsp3) is 0.0500. The van der Waals surface area contributed by atoms with E-state index in [9.17, 15) is 36.9 Å². The molecule has 4 nitrogen and oxygen atoms in total. The third-order valence-corrected chi connectivity index (χ3v) is 9.08. The van der Waals surface area contributed by atoms with Crippen LogP contribution in [0.3, 0.4) is 0 Å². The maximum atomic E-state index is 14.2. The minimum atomic E-state index is -4.78. The summed E-state index contributed by atoms with van der Waals surface area (Å²) in [4.78, 5) is 0. The minimum absolute atomic E-state index is 0.0719. The topological polar surface area (TPSA) is 57.4 Å². The van der Waals surface area contributed by atoms with Gasteiger partial charge in [-0.1, -0.05) is 97.1 Å². The number of aromatic nitrogens is 2. The second-order valence-corrected chi connectivity index (χ2v) is 11.7. The standard InChI is InChI=1S/C40H20F6N4/c41-39(42,43)33-17-7-11-23(31(33)21-47)27-13-5-15-29-25-9-1-3-19-35(25)49(37(27)29)50-36-20-4-2-10-26(36)30-16-6-14-28(38(30)50)24-12-8-18-34(32(24)22-48)40(44,45)46/h1-20H. The van der Waals surface area contributed by atoms with Gasteiger partial charge in [0.2, 0.25) is 0 Å². The predicted octanol–water partition coefficient (Wildman–Crippen LogP) is 11.3. The summed E-state index contributed by atoms with van der Waals surface area (Å²) in [5.74, 6) is 0. The Balaban J connectivity index is 1.59. The molecular weight excluding hydrogens is 650 g/mol. The van der Waals surface area contributed by atoms with Crippen LogP contribution in [0.15, 0.2) is 121 Å². The van der Waals surface area contributed by atoms with Crippen molar-refractivity contribution in [2.75, 3.05) is 0 Å². The van der Waals surface area contributed by atoms with Crippen LogP contribution in [-0.4, -0.2) is 9.35 Å². The molecule has 0 radical (unpaired) electrons. The van der Waals surface area contributed by atoms with Crippen molar-refractivity contribution in [1.29, 1.82) is 10.5 Å². The van der Waals surface area contributed by atoms with E-state index in [0.717, 1.165) is 22.9 Å². The monoisotopic (exact) mass is 670 g/mol. The summed E-state index contributed by atoms with van der Waals surface area (Å²) >= 11 is 0. The lowest BCUT2D eigenvalue weighted by Crippen LogP contribution is -2.11. The van der Waals surface area contributed by atoms with Crippen molar-refractivity contribution in [2.24, 2.45) is 0 Å². The third kappa shape index (κ3) is 4.46. The maximum Gasteiger partial charge on any atom is 0.417 e. The van der Waals surface area contributed by atoms with Crippen molar-refractivity contribution < 1.29 is 26.3 Å². The molecule has 2 aromatic heterocycles. The molecule has 0 bridgehead atoms. The third-order valence-electron chi connectivity index (χ3n) is 9.08. The van der Waals surface area contributed by atoms with E-state index in [1.807, 2.05) is 70.0 Å². The van der Waals surface area contributed by atoms with Gasteiger partial charge in [0.15, 0.2) is 0 Å². The molecule has 8 rings (SSSR count). The molecule has 0 spiro atoms. The van der Waals surface area contributed by atoms with Crippen LogP contribution in [0.25, 0.3) is 65.9 Å². The van der Waals surface area contributed by atoms with Crippen LogP contribution >= 0.6 is 0 Å². The Morgan fingerprint density at radius 3 is 1.12 bits per heavy atom. The second-order valence-electron chi connectivity index (χ2n) is 11.7. The Morgan fingerprint density at radius 1 is 0.400 bits per heavy atom. The predicted molar refractivity (Wildman–Crippen MR) is 180 cm³/mol. The summed E-state index contributed by atoms with van der Waals surface area (Å²) in [6.07, 6.45) is -9.57. The van der Waals surface area contributed by atoms with Gasteiger partial charge in [-0.25, -0.2) is 9.35 Å². The summed E-state index contributed by atoms with van der Waals surface area (Å²) in [5.41, 5.74) is -0.0873. The minimum Gasteiger partial charge on any atom is -0.247 e. The van der Waals surface area contributed by atoms with Gasteiger partial charge in [-0.05, 0) is 24.3 Å². The Morgan fingerprint density at radius 2 is 0.740 bits per heavy atom. The molecule has 0 aliphatic heterocycles. The van der Waals surface area contributed by atoms with Crippen LogP contribution in [0.5, 0.6) is 0 Å². The molecule has 6 aromatic carbocycles. The first-order chi connectivity index (χ1) is 24.0. The molecule has 0 saturated heterocycles. The van der Waals surface area contributed by atoms with E-state index in [4.69, 9.17) is 0 Å². The number of hydrogen-bond donors (Lipinski definition) is 0. The fourth-order valence-corrected chi connectivity index (χ4v) is 7.11. The van der Waals surface area contributed by atoms with Crippen LogP contribution in [0.1, 0.15) is 22.3 Å². The van der Waals surface area contributed by atoms with Crippen molar-refractivity contribution in [3.8, 4) is 34.4 Å². The van der Waals surface area contributed by atoms with Crippen molar-refractivity contribution in [2.45, 2.75) is 12.4 Å². The fourth-order valence-electron chi connectivity index (χ4n) is 7.11. The number of alkyl halides is 6. The highest BCUT2D eigenvalue weighted by Gasteiger charge is 2.36. The lowest BCUT2D eigenvalue weighted by Gasteiger charge is -2.19. The Hall–Kier alpha value is -6.52. The first-order valence-corrected chi connectivity index (χ1v) is 15.3. The highest BCUT2D eigenvalue weighted by atomic mass is 19.4. The number of nitrogens with zero attached hydrogens (tertiary/aromatic N) is 4. The molecule has 8 aromatic rings. The zero-order valence-electron chi connectivity index (χ0n) is 25.6. The van der Waals surface area contributed by atoms with Gasteiger partial charge < -0.3 is 0 Å². The maximum absolute atomic E-state index is 14.2. The summed E-state index contributed by atoms with van der Waals surface area (Å²) < 4.78 is 88.8. The molecule has 0 aliphatic carbocycles. The van der Waals surface area contributed by atoms with Crippen LogP contribution in [0.4, 0.5) is 26.3 Å². The summed E-state index contributed by atoms with van der Waals surface area (Å²) in [6, 6.07) is 36.0. The summed E-state index contributed by atoms with van der Waals surface area (Å²) in [6.45, 7) is 0. The van der Waals surface area contributed by atoms with Crippen LogP contribution in [0.2, 0.25) is 0 Å². The number of nitriles is 2. The molecular formula is C40H20F6N4. The quantitative estimate of drug-likeness (QED) is 0.176. The van der Waals surface area contributed by atoms with Gasteiger partial charge in [0, 0.05) is 43.8 Å². The van der Waals surface area contributed by atoms with Gasteiger partial charge in [-0.2, -0.15) is 36.9 Å². The summed E-state index contributed by atoms with van der Waals surface area (Å²) in [7, 11) is 0. The number of rotatable bonds is 3. The van der Waals surface area contributed by atoms with E-state index in [0.29, 0.717) is 44.0 Å². The Bertz CT molecular complexity index is 2580. The van der Waals surface area contributed by atoms with E-state index in [2.05, 4.69) is 0 Å². The first-order valence-electron chi connectivity index (χ1n) is 15.3. The van der Waals surface area contributed by atoms with Crippen LogP contribution in [-0.2, 0) is 12.4 Å². The van der Waals surface area contributed by atoms with E-state index in [1.165, 1.54) is 24.3 Å². The lowest BCUT2D eigenvalue weighted by atomic mass is 9.94. The van der Waals surface area contributed by atoms with E-state index < -0.39 is 34.6 Å². The van der Waals surface area contributed by atoms with Crippen LogP contribution in [0, 0.1) is 22.7 Å². The second kappa shape index (κ2) is 11.0. The molecule has 0 atom stereocenters. The number of benzene rings is 6. The molecule has 0 fully saturated rings. The van der Waals surface area contributed by atoms with Gasteiger partial charge in [0.25, 0.3) is 0 Å². The Labute approximate surface area is 279 Å². The van der Waals surface area contributed by atoms with Gasteiger partial charge in [0.05, 0.1) is 44.3 Å². The molecule has 2 heterocycles. The van der Waals surface area contributed by atoms with Crippen molar-refractivity contribution in [3.63, 3.8) is 0 Å². The van der Waals surface area contributed by atoms with E-state index in [-0.39, 0.29) is 11.1 Å². The summed E-state index contributed by atoms with van der Waals surface area (Å²) in [5, 5.41) is 23.1. The van der Waals surface area contributed by atoms with Crippen molar-refractivity contribution >= 4 is 43.6 Å². The lowest BCUT2D eigenvalue weighted by molar-refractivity contribution is -0.138. The molecule has 0 amide bonds. The van der Waals surface area contributed by atoms with Gasteiger partial charge >= 0.3 is 12.4 Å². The zero-order chi connectivity index (χ0) is 34.9. The van der Waals surface area contributed by atoms with Crippen LogP contribution < -0.4 is 0 Å². The highest BCUT2D eigenvalue weighted by molar-refractivity contribution is 6.16. The largest absolute Gasteiger partial charge is 0.417 e. The SMILES string of the molecule is N#Cc1c(-c2cccc3c4ccccc4n(-n4c5ccccc5c5cccc(-c6cccc(C(F)(F)F)c6C#N)c54)c23)cccc1C(F)(F)F. The molecule has 242 valence electrons. The number of halogens is 6. The molecule has 50 heavy (non-hydrogen) atoms. The van der Waals surface area contributed by atoms with Gasteiger partial charge in [-0.15, -0.1) is 0 Å². The van der Waals surface area contributed by atoms with E-state index >= 15 is 0 Å². The smallest absolute Gasteiger partial charge is 0.247 e. The number of hydrogen-bond acceptors (Lipinski definition) is 2. The molecule has 10 heteroatoms. The normalized spacial score (nSPS) is 12.2. The zero-order valence-corrected chi connectivity index (χ0v) is 25.6. The molecule has 0 N–H and O–H groups in total. The Kier molecular flexibility index (Phi) is 6.78.